The minimum atomic E-state index is -3.07. The van der Waals surface area contributed by atoms with E-state index in [0.29, 0.717) is 12.5 Å². The number of nitrogens with one attached hydrogen (secondary N) is 1. The second-order valence-electron chi connectivity index (χ2n) is 8.40. The van der Waals surface area contributed by atoms with E-state index in [-0.39, 0.29) is 10.9 Å². The maximum Gasteiger partial charge on any atom is 0.214 e. The van der Waals surface area contributed by atoms with Gasteiger partial charge in [0.05, 0.1) is 10.9 Å². The van der Waals surface area contributed by atoms with Crippen molar-refractivity contribution in [3.05, 3.63) is 34.9 Å². The van der Waals surface area contributed by atoms with Crippen molar-refractivity contribution in [1.29, 1.82) is 0 Å². The highest BCUT2D eigenvalue weighted by Crippen LogP contribution is 2.42. The Morgan fingerprint density at radius 3 is 2.73 bits per heavy atom. The Bertz CT molecular complexity index is 767. The van der Waals surface area contributed by atoms with Gasteiger partial charge in [-0.15, -0.1) is 0 Å². The molecule has 4 rings (SSSR count). The van der Waals surface area contributed by atoms with E-state index in [1.165, 1.54) is 16.7 Å². The van der Waals surface area contributed by atoms with Crippen molar-refractivity contribution in [1.82, 2.24) is 9.62 Å². The van der Waals surface area contributed by atoms with Crippen LogP contribution < -0.4 is 4.72 Å². The quantitative estimate of drug-likeness (QED) is 0.791. The molecule has 144 valence electrons. The minimum absolute atomic E-state index is 0.0528. The molecule has 2 heterocycles. The first kappa shape index (κ1) is 18.4. The molecule has 1 saturated carbocycles. The molecule has 5 nitrogen and oxygen atoms in total. The van der Waals surface area contributed by atoms with E-state index < -0.39 is 10.0 Å². The standard InChI is InChI=1S/C20H30N2O3S/c1-15-3-4-16(2)17(11-15)12-22-13-20(14-22)18(8-10-25-20)7-9-21-26(23,24)19-5-6-19/h3-4,11,18-19,21H,5-10,12-14H2,1-2H3. The van der Waals surface area contributed by atoms with Gasteiger partial charge in [-0.3, -0.25) is 4.90 Å². The van der Waals surface area contributed by atoms with E-state index in [0.717, 1.165) is 51.9 Å². The third-order valence-corrected chi connectivity index (χ3v) is 8.20. The van der Waals surface area contributed by atoms with Gasteiger partial charge in [-0.05, 0) is 56.6 Å². The number of sulfonamides is 1. The molecule has 2 saturated heterocycles. The predicted octanol–water partition coefficient (Wildman–Crippen LogP) is 2.37. The fourth-order valence-corrected chi connectivity index (χ4v) is 5.84. The number of ether oxygens (including phenoxy) is 1. The summed E-state index contributed by atoms with van der Waals surface area (Å²) in [6.45, 7) is 8.55. The summed E-state index contributed by atoms with van der Waals surface area (Å²) < 4.78 is 32.9. The number of hydrogen-bond acceptors (Lipinski definition) is 4. The highest BCUT2D eigenvalue weighted by molar-refractivity contribution is 7.90. The van der Waals surface area contributed by atoms with Gasteiger partial charge in [0.2, 0.25) is 10.0 Å². The van der Waals surface area contributed by atoms with E-state index in [1.54, 1.807) is 0 Å². The van der Waals surface area contributed by atoms with E-state index >= 15 is 0 Å². The molecular weight excluding hydrogens is 348 g/mol. The molecule has 1 aliphatic carbocycles. The highest BCUT2D eigenvalue weighted by Gasteiger charge is 2.52. The Kier molecular flexibility index (Phi) is 4.88. The van der Waals surface area contributed by atoms with Crippen molar-refractivity contribution >= 4 is 10.0 Å². The van der Waals surface area contributed by atoms with Crippen molar-refractivity contribution in [3.63, 3.8) is 0 Å². The molecule has 1 unspecified atom stereocenters. The number of benzene rings is 1. The van der Waals surface area contributed by atoms with Gasteiger partial charge in [0.25, 0.3) is 0 Å². The van der Waals surface area contributed by atoms with Gasteiger partial charge in [-0.25, -0.2) is 13.1 Å². The lowest BCUT2D eigenvalue weighted by atomic mass is 9.78. The second-order valence-corrected chi connectivity index (χ2v) is 10.4. The van der Waals surface area contributed by atoms with Crippen LogP contribution in [0.1, 0.15) is 42.4 Å². The van der Waals surface area contributed by atoms with Crippen LogP contribution in [0.5, 0.6) is 0 Å². The number of rotatable bonds is 7. The fourth-order valence-electron chi connectivity index (χ4n) is 4.45. The third kappa shape index (κ3) is 3.70. The van der Waals surface area contributed by atoms with Gasteiger partial charge in [-0.1, -0.05) is 23.8 Å². The summed E-state index contributed by atoms with van der Waals surface area (Å²) >= 11 is 0. The maximum absolute atomic E-state index is 12.0. The van der Waals surface area contributed by atoms with Crippen molar-refractivity contribution in [2.24, 2.45) is 5.92 Å². The third-order valence-electron chi connectivity index (χ3n) is 6.24. The Morgan fingerprint density at radius 1 is 1.23 bits per heavy atom. The number of aryl methyl sites for hydroxylation is 2. The van der Waals surface area contributed by atoms with Crippen LogP contribution in [-0.2, 0) is 21.3 Å². The van der Waals surface area contributed by atoms with Gasteiger partial charge in [0, 0.05) is 32.8 Å². The largest absolute Gasteiger partial charge is 0.372 e. The molecule has 1 atom stereocenters. The summed E-state index contributed by atoms with van der Waals surface area (Å²) in [4.78, 5) is 2.45. The molecular formula is C20H30N2O3S. The highest BCUT2D eigenvalue weighted by atomic mass is 32.2. The first-order chi connectivity index (χ1) is 12.4. The summed E-state index contributed by atoms with van der Waals surface area (Å²) in [7, 11) is -3.07. The Morgan fingerprint density at radius 2 is 2.00 bits per heavy atom. The lowest BCUT2D eigenvalue weighted by Gasteiger charge is -2.50. The van der Waals surface area contributed by atoms with Crippen LogP contribution in [0.3, 0.4) is 0 Å². The molecule has 0 radical (unpaired) electrons. The summed E-state index contributed by atoms with van der Waals surface area (Å²) in [6.07, 6.45) is 3.56. The number of hydrogen-bond donors (Lipinski definition) is 1. The van der Waals surface area contributed by atoms with Gasteiger partial charge < -0.3 is 4.74 Å². The van der Waals surface area contributed by atoms with Crippen LogP contribution in [0.2, 0.25) is 0 Å². The molecule has 1 N–H and O–H groups in total. The molecule has 1 spiro atoms. The van der Waals surface area contributed by atoms with Gasteiger partial charge in [0.1, 0.15) is 0 Å². The average molecular weight is 379 g/mol. The Balaban J connectivity index is 1.29. The molecule has 3 fully saturated rings. The van der Waals surface area contributed by atoms with E-state index in [2.05, 4.69) is 41.7 Å². The molecule has 1 aromatic carbocycles. The van der Waals surface area contributed by atoms with Gasteiger partial charge >= 0.3 is 0 Å². The van der Waals surface area contributed by atoms with Crippen LogP contribution in [0.15, 0.2) is 18.2 Å². The molecule has 6 heteroatoms. The first-order valence-electron chi connectivity index (χ1n) is 9.79. The van der Waals surface area contributed by atoms with Crippen LogP contribution in [0, 0.1) is 19.8 Å². The van der Waals surface area contributed by atoms with E-state index in [1.807, 2.05) is 0 Å². The van der Waals surface area contributed by atoms with Crippen LogP contribution in [0.4, 0.5) is 0 Å². The van der Waals surface area contributed by atoms with Gasteiger partial charge in [0.15, 0.2) is 0 Å². The fraction of sp³-hybridized carbons (Fsp3) is 0.700. The molecule has 0 aromatic heterocycles. The number of nitrogens with zero attached hydrogens (tertiary/aromatic N) is 1. The van der Waals surface area contributed by atoms with Crippen molar-refractivity contribution < 1.29 is 13.2 Å². The molecule has 0 bridgehead atoms. The minimum Gasteiger partial charge on any atom is -0.372 e. The van der Waals surface area contributed by atoms with E-state index in [4.69, 9.17) is 4.74 Å². The van der Waals surface area contributed by atoms with Gasteiger partial charge in [-0.2, -0.15) is 0 Å². The Labute approximate surface area is 157 Å². The zero-order valence-corrected chi connectivity index (χ0v) is 16.6. The summed E-state index contributed by atoms with van der Waals surface area (Å²) in [6, 6.07) is 6.64. The van der Waals surface area contributed by atoms with Crippen LogP contribution in [-0.4, -0.2) is 50.4 Å². The lowest BCUT2D eigenvalue weighted by Crippen LogP contribution is -2.64. The number of likely N-dealkylation sites (tertiary alicyclic amines) is 1. The lowest BCUT2D eigenvalue weighted by molar-refractivity contribution is -0.136. The zero-order chi connectivity index (χ0) is 18.4. The second kappa shape index (κ2) is 6.89. The normalized spacial score (nSPS) is 25.5. The van der Waals surface area contributed by atoms with Crippen molar-refractivity contribution in [3.8, 4) is 0 Å². The Hall–Kier alpha value is -0.950. The van der Waals surface area contributed by atoms with Crippen LogP contribution >= 0.6 is 0 Å². The average Bonchev–Trinajstić information content (AvgIpc) is 3.33. The molecule has 0 amide bonds. The summed E-state index contributed by atoms with van der Waals surface area (Å²) in [5, 5.41) is -0.131. The zero-order valence-electron chi connectivity index (χ0n) is 15.8. The first-order valence-corrected chi connectivity index (χ1v) is 11.3. The molecule has 26 heavy (non-hydrogen) atoms. The van der Waals surface area contributed by atoms with E-state index in [9.17, 15) is 8.42 Å². The molecule has 2 aliphatic heterocycles. The van der Waals surface area contributed by atoms with Crippen LogP contribution in [0.25, 0.3) is 0 Å². The smallest absolute Gasteiger partial charge is 0.214 e. The topological polar surface area (TPSA) is 58.6 Å². The monoisotopic (exact) mass is 378 g/mol. The van der Waals surface area contributed by atoms with Crippen molar-refractivity contribution in [2.75, 3.05) is 26.2 Å². The predicted molar refractivity (Wildman–Crippen MR) is 103 cm³/mol. The summed E-state index contributed by atoms with van der Waals surface area (Å²) in [5.41, 5.74) is 3.99. The molecule has 1 aromatic rings. The van der Waals surface area contributed by atoms with Crippen molar-refractivity contribution in [2.45, 2.75) is 56.9 Å². The maximum atomic E-state index is 12.0. The molecule has 3 aliphatic rings. The SMILES string of the molecule is Cc1ccc(C)c(CN2CC3(C2)OCCC3CCNS(=O)(=O)C2CC2)c1. The summed E-state index contributed by atoms with van der Waals surface area (Å²) in [5.74, 6) is 0.458.